The molecule has 0 saturated carbocycles. The molecule has 16 heavy (non-hydrogen) atoms. The van der Waals surface area contributed by atoms with E-state index in [0.717, 1.165) is 25.7 Å². The molecule has 1 aliphatic heterocycles. The fraction of sp³-hybridized carbons (Fsp3) is 0.818. The van der Waals surface area contributed by atoms with E-state index in [1.807, 2.05) is 0 Å². The second kappa shape index (κ2) is 6.78. The predicted octanol–water partition coefficient (Wildman–Crippen LogP) is 1.94. The van der Waals surface area contributed by atoms with Crippen LogP contribution in [0, 0.1) is 0 Å². The Morgan fingerprint density at radius 1 is 1.38 bits per heavy atom. The van der Waals surface area contributed by atoms with Crippen LogP contribution >= 0.6 is 11.8 Å². The maximum atomic E-state index is 11.8. The lowest BCUT2D eigenvalue weighted by Gasteiger charge is -2.20. The molecule has 0 aliphatic carbocycles. The van der Waals surface area contributed by atoms with Crippen LogP contribution in [-0.4, -0.2) is 39.6 Å². The third-order valence-electron chi connectivity index (χ3n) is 2.73. The van der Waals surface area contributed by atoms with Crippen molar-refractivity contribution in [3.63, 3.8) is 0 Å². The largest absolute Gasteiger partial charge is 0.480 e. The Morgan fingerprint density at radius 2 is 2.12 bits per heavy atom. The minimum Gasteiger partial charge on any atom is -0.480 e. The fourth-order valence-corrected chi connectivity index (χ4v) is 2.91. The Labute approximate surface area is 100 Å². The molecule has 0 aromatic heterocycles. The molecule has 1 rings (SSSR count). The van der Waals surface area contributed by atoms with E-state index in [1.165, 1.54) is 16.7 Å². The fourth-order valence-electron chi connectivity index (χ4n) is 1.74. The van der Waals surface area contributed by atoms with Gasteiger partial charge in [0, 0.05) is 12.2 Å². The van der Waals surface area contributed by atoms with Gasteiger partial charge in [-0.1, -0.05) is 26.2 Å². The van der Waals surface area contributed by atoms with Crippen molar-refractivity contribution in [1.82, 2.24) is 4.90 Å². The first-order valence-corrected chi connectivity index (χ1v) is 6.92. The number of thioether (sulfide) groups is 1. The number of unbranched alkanes of at least 4 members (excludes halogenated alkanes) is 3. The number of hydrogen-bond donors (Lipinski definition) is 1. The van der Waals surface area contributed by atoms with E-state index < -0.39 is 12.0 Å². The van der Waals surface area contributed by atoms with Gasteiger partial charge < -0.3 is 10.0 Å². The van der Waals surface area contributed by atoms with Gasteiger partial charge in [0.05, 0.1) is 5.88 Å². The summed E-state index contributed by atoms with van der Waals surface area (Å²) in [6.07, 6.45) is 4.71. The van der Waals surface area contributed by atoms with E-state index in [1.54, 1.807) is 0 Å². The Morgan fingerprint density at radius 3 is 2.75 bits per heavy atom. The molecule has 1 amide bonds. The molecule has 0 spiro atoms. The summed E-state index contributed by atoms with van der Waals surface area (Å²) >= 11 is 1.51. The average Bonchev–Trinajstić information content (AvgIpc) is 2.73. The Balaban J connectivity index is 2.32. The smallest absolute Gasteiger partial charge is 0.327 e. The first kappa shape index (κ1) is 13.4. The van der Waals surface area contributed by atoms with E-state index in [4.69, 9.17) is 5.11 Å². The zero-order valence-corrected chi connectivity index (χ0v) is 10.5. The van der Waals surface area contributed by atoms with Crippen molar-refractivity contribution in [2.45, 2.75) is 45.1 Å². The van der Waals surface area contributed by atoms with Gasteiger partial charge in [0.25, 0.3) is 0 Å². The molecule has 1 heterocycles. The zero-order valence-electron chi connectivity index (χ0n) is 9.65. The maximum Gasteiger partial charge on any atom is 0.327 e. The molecule has 4 nitrogen and oxygen atoms in total. The van der Waals surface area contributed by atoms with E-state index in [0.29, 0.717) is 18.1 Å². The molecule has 5 heteroatoms. The van der Waals surface area contributed by atoms with Crippen molar-refractivity contribution in [2.24, 2.45) is 0 Å². The van der Waals surface area contributed by atoms with Crippen molar-refractivity contribution in [3.8, 4) is 0 Å². The lowest BCUT2D eigenvalue weighted by molar-refractivity contribution is -0.147. The average molecular weight is 245 g/mol. The predicted molar refractivity (Wildman–Crippen MR) is 64.4 cm³/mol. The Hall–Kier alpha value is -0.710. The zero-order chi connectivity index (χ0) is 12.0. The highest BCUT2D eigenvalue weighted by atomic mass is 32.2. The van der Waals surface area contributed by atoms with Gasteiger partial charge in [-0.2, -0.15) is 0 Å². The van der Waals surface area contributed by atoms with Crippen LogP contribution in [0.15, 0.2) is 0 Å². The number of amides is 1. The first-order valence-electron chi connectivity index (χ1n) is 5.76. The van der Waals surface area contributed by atoms with Gasteiger partial charge in [-0.3, -0.25) is 4.79 Å². The minimum absolute atomic E-state index is 0.00602. The van der Waals surface area contributed by atoms with Gasteiger partial charge in [0.15, 0.2) is 0 Å². The second-order valence-corrected chi connectivity index (χ2v) is 5.03. The van der Waals surface area contributed by atoms with Crippen LogP contribution in [0.4, 0.5) is 0 Å². The number of carbonyl (C=O) groups excluding carboxylic acids is 1. The topological polar surface area (TPSA) is 57.6 Å². The van der Waals surface area contributed by atoms with Gasteiger partial charge in [0.2, 0.25) is 5.91 Å². The van der Waals surface area contributed by atoms with Gasteiger partial charge in [-0.15, -0.1) is 11.8 Å². The highest BCUT2D eigenvalue weighted by Crippen LogP contribution is 2.22. The summed E-state index contributed by atoms with van der Waals surface area (Å²) in [6.45, 7) is 2.12. The van der Waals surface area contributed by atoms with Gasteiger partial charge in [-0.25, -0.2) is 4.79 Å². The van der Waals surface area contributed by atoms with Gasteiger partial charge >= 0.3 is 5.97 Å². The normalized spacial score (nSPS) is 20.1. The van der Waals surface area contributed by atoms with E-state index in [9.17, 15) is 9.59 Å². The van der Waals surface area contributed by atoms with E-state index in [-0.39, 0.29) is 5.91 Å². The van der Waals surface area contributed by atoms with Crippen LogP contribution in [-0.2, 0) is 9.59 Å². The number of carboxylic acid groups (broad SMARTS) is 1. The summed E-state index contributed by atoms with van der Waals surface area (Å²) in [4.78, 5) is 24.2. The molecule has 1 atom stereocenters. The molecule has 0 aromatic carbocycles. The monoisotopic (exact) mass is 245 g/mol. The van der Waals surface area contributed by atoms with Crippen molar-refractivity contribution >= 4 is 23.6 Å². The number of carboxylic acids is 1. The summed E-state index contributed by atoms with van der Waals surface area (Å²) in [5, 5.41) is 8.93. The third kappa shape index (κ3) is 3.70. The SMILES string of the molecule is CCCCCCC(=O)N1CSCC1C(=O)O. The standard InChI is InChI=1S/C11H19NO3S/c1-2-3-4-5-6-10(13)12-8-16-7-9(12)11(14)15/h9H,2-8H2,1H3,(H,14,15). The van der Waals surface area contributed by atoms with Crippen LogP contribution in [0.1, 0.15) is 39.0 Å². The van der Waals surface area contributed by atoms with Crippen LogP contribution in [0.25, 0.3) is 0 Å². The molecule has 0 bridgehead atoms. The second-order valence-electron chi connectivity index (χ2n) is 4.03. The number of hydrogen-bond acceptors (Lipinski definition) is 3. The summed E-state index contributed by atoms with van der Waals surface area (Å²) in [7, 11) is 0. The van der Waals surface area contributed by atoms with Gasteiger partial charge in [-0.05, 0) is 6.42 Å². The van der Waals surface area contributed by atoms with E-state index >= 15 is 0 Å². The maximum absolute atomic E-state index is 11.8. The molecular formula is C11H19NO3S. The molecule has 1 fully saturated rings. The molecule has 1 N–H and O–H groups in total. The van der Waals surface area contributed by atoms with Crippen LogP contribution in [0.3, 0.4) is 0 Å². The molecule has 0 aromatic rings. The molecule has 1 aliphatic rings. The summed E-state index contributed by atoms with van der Waals surface area (Å²) in [5.41, 5.74) is 0. The van der Waals surface area contributed by atoms with Crippen molar-refractivity contribution in [1.29, 1.82) is 0 Å². The number of aliphatic carboxylic acids is 1. The quantitative estimate of drug-likeness (QED) is 0.727. The minimum atomic E-state index is -0.882. The Kier molecular flexibility index (Phi) is 5.66. The summed E-state index contributed by atoms with van der Waals surface area (Å²) < 4.78 is 0. The van der Waals surface area contributed by atoms with Crippen molar-refractivity contribution in [3.05, 3.63) is 0 Å². The lowest BCUT2D eigenvalue weighted by atomic mass is 10.1. The molecule has 0 radical (unpaired) electrons. The molecule has 92 valence electrons. The van der Waals surface area contributed by atoms with Crippen molar-refractivity contribution in [2.75, 3.05) is 11.6 Å². The number of nitrogens with zero attached hydrogens (tertiary/aromatic N) is 1. The van der Waals surface area contributed by atoms with E-state index in [2.05, 4.69) is 6.92 Å². The van der Waals surface area contributed by atoms with Crippen molar-refractivity contribution < 1.29 is 14.7 Å². The summed E-state index contributed by atoms with van der Waals surface area (Å²) in [6, 6.07) is -0.608. The first-order chi connectivity index (χ1) is 7.66. The lowest BCUT2D eigenvalue weighted by Crippen LogP contribution is -2.41. The third-order valence-corrected chi connectivity index (χ3v) is 3.74. The molecule has 1 saturated heterocycles. The highest BCUT2D eigenvalue weighted by molar-refractivity contribution is 7.99. The molecular weight excluding hydrogens is 226 g/mol. The van der Waals surface area contributed by atoms with Crippen LogP contribution in [0.5, 0.6) is 0 Å². The van der Waals surface area contributed by atoms with Crippen LogP contribution < -0.4 is 0 Å². The Bertz CT molecular complexity index is 258. The van der Waals surface area contributed by atoms with Gasteiger partial charge in [0.1, 0.15) is 6.04 Å². The highest BCUT2D eigenvalue weighted by Gasteiger charge is 2.33. The molecule has 1 unspecified atom stereocenters. The summed E-state index contributed by atoms with van der Waals surface area (Å²) in [5.74, 6) is 0.167. The number of carbonyl (C=O) groups is 2. The number of rotatable bonds is 6. The van der Waals surface area contributed by atoms with Crippen LogP contribution in [0.2, 0.25) is 0 Å².